The van der Waals surface area contributed by atoms with Gasteiger partial charge in [-0.3, -0.25) is 4.79 Å². The molecule has 0 atom stereocenters. The molecule has 0 saturated carbocycles. The summed E-state index contributed by atoms with van der Waals surface area (Å²) >= 11 is 4.53. The fourth-order valence-corrected chi connectivity index (χ4v) is 4.82. The van der Waals surface area contributed by atoms with E-state index in [0.29, 0.717) is 22.1 Å². The van der Waals surface area contributed by atoms with E-state index in [1.165, 1.54) is 11.3 Å². The molecule has 0 fully saturated rings. The van der Waals surface area contributed by atoms with Crippen molar-refractivity contribution in [2.75, 3.05) is 18.2 Å². The molecule has 0 aliphatic carbocycles. The highest BCUT2D eigenvalue weighted by atomic mass is 79.9. The van der Waals surface area contributed by atoms with Crippen LogP contribution in [0.4, 0.5) is 5.13 Å². The van der Waals surface area contributed by atoms with Crippen molar-refractivity contribution in [1.82, 2.24) is 4.98 Å². The Morgan fingerprint density at radius 1 is 1.18 bits per heavy atom. The zero-order valence-electron chi connectivity index (χ0n) is 14.9. The van der Waals surface area contributed by atoms with E-state index < -0.39 is 21.5 Å². The van der Waals surface area contributed by atoms with E-state index in [-0.39, 0.29) is 5.75 Å². The lowest BCUT2D eigenvalue weighted by Gasteiger charge is -2.06. The number of ether oxygens (including phenoxy) is 1. The second kappa shape index (κ2) is 8.85. The molecular weight excluding hydrogens is 464 g/mol. The number of nitrogens with one attached hydrogen (secondary N) is 1. The summed E-state index contributed by atoms with van der Waals surface area (Å²) < 4.78 is 30.8. The number of hydrogen-bond acceptors (Lipinski definition) is 6. The highest BCUT2D eigenvalue weighted by Crippen LogP contribution is 2.31. The number of para-hydroxylation sites is 1. The number of halogens is 1. The third-order valence-corrected chi connectivity index (χ3v) is 6.55. The number of carbonyl (C=O) groups excluding carboxylic acids is 1. The Balaban J connectivity index is 1.65. The van der Waals surface area contributed by atoms with Crippen LogP contribution in [0.2, 0.25) is 0 Å². The van der Waals surface area contributed by atoms with Crippen LogP contribution in [0.15, 0.2) is 58.4 Å². The molecule has 28 heavy (non-hydrogen) atoms. The molecular formula is C19H17BrN2O4S2. The lowest BCUT2D eigenvalue weighted by atomic mass is 10.1. The van der Waals surface area contributed by atoms with Crippen molar-refractivity contribution in [2.45, 2.75) is 5.75 Å². The predicted molar refractivity (Wildman–Crippen MR) is 114 cm³/mol. The molecule has 0 radical (unpaired) electrons. The minimum atomic E-state index is -3.59. The smallest absolute Gasteiger partial charge is 0.241 e. The molecule has 0 saturated heterocycles. The fraction of sp³-hybridized carbons (Fsp3) is 0.158. The maximum atomic E-state index is 12.3. The van der Waals surface area contributed by atoms with Crippen molar-refractivity contribution in [3.8, 4) is 17.0 Å². The Kier molecular flexibility index (Phi) is 6.48. The molecule has 3 aromatic rings. The SMILES string of the molecule is COc1ccccc1-c1csc(NC(=O)CS(=O)(=O)Cc2ccc(Br)cc2)n1. The summed E-state index contributed by atoms with van der Waals surface area (Å²) in [5.41, 5.74) is 2.07. The first-order valence-electron chi connectivity index (χ1n) is 8.20. The zero-order chi connectivity index (χ0) is 20.1. The molecule has 1 N–H and O–H groups in total. The molecule has 0 aliphatic heterocycles. The molecule has 6 nitrogen and oxygen atoms in total. The summed E-state index contributed by atoms with van der Waals surface area (Å²) in [5.74, 6) is -0.745. The van der Waals surface area contributed by atoms with E-state index in [2.05, 4.69) is 26.2 Å². The number of aromatic nitrogens is 1. The number of carbonyl (C=O) groups is 1. The van der Waals surface area contributed by atoms with Crippen LogP contribution in [0.5, 0.6) is 5.75 Å². The first kappa shape index (κ1) is 20.5. The van der Waals surface area contributed by atoms with Gasteiger partial charge in [0.05, 0.1) is 18.6 Å². The third-order valence-electron chi connectivity index (χ3n) is 3.78. The molecule has 0 spiro atoms. The van der Waals surface area contributed by atoms with E-state index in [9.17, 15) is 13.2 Å². The molecule has 0 aliphatic rings. The fourth-order valence-electron chi connectivity index (χ4n) is 2.55. The Labute approximate surface area is 175 Å². The van der Waals surface area contributed by atoms with Crippen LogP contribution in [-0.4, -0.2) is 32.2 Å². The van der Waals surface area contributed by atoms with Gasteiger partial charge in [0.25, 0.3) is 0 Å². The largest absolute Gasteiger partial charge is 0.496 e. The number of hydrogen-bond donors (Lipinski definition) is 1. The molecule has 1 heterocycles. The Hall–Kier alpha value is -2.23. The Morgan fingerprint density at radius 3 is 2.61 bits per heavy atom. The van der Waals surface area contributed by atoms with Gasteiger partial charge in [0, 0.05) is 15.4 Å². The zero-order valence-corrected chi connectivity index (χ0v) is 18.1. The highest BCUT2D eigenvalue weighted by Gasteiger charge is 2.19. The van der Waals surface area contributed by atoms with Crippen LogP contribution in [-0.2, 0) is 20.4 Å². The second-order valence-corrected chi connectivity index (χ2v) is 9.78. The Bertz CT molecular complexity index is 1080. The van der Waals surface area contributed by atoms with Gasteiger partial charge in [-0.05, 0) is 29.8 Å². The van der Waals surface area contributed by atoms with E-state index >= 15 is 0 Å². The number of thiazole rings is 1. The van der Waals surface area contributed by atoms with Crippen LogP contribution in [0.1, 0.15) is 5.56 Å². The van der Waals surface area contributed by atoms with Crippen LogP contribution in [0.25, 0.3) is 11.3 Å². The van der Waals surface area contributed by atoms with Crippen LogP contribution < -0.4 is 10.1 Å². The number of benzene rings is 2. The monoisotopic (exact) mass is 480 g/mol. The topological polar surface area (TPSA) is 85.4 Å². The van der Waals surface area contributed by atoms with Gasteiger partial charge in [-0.15, -0.1) is 11.3 Å². The van der Waals surface area contributed by atoms with E-state index in [1.807, 2.05) is 24.3 Å². The number of rotatable bonds is 7. The summed E-state index contributed by atoms with van der Waals surface area (Å²) in [6.45, 7) is 0. The van der Waals surface area contributed by atoms with Crippen molar-refractivity contribution < 1.29 is 17.9 Å². The quantitative estimate of drug-likeness (QED) is 0.549. The van der Waals surface area contributed by atoms with E-state index in [0.717, 1.165) is 10.0 Å². The van der Waals surface area contributed by atoms with E-state index in [1.54, 1.807) is 36.8 Å². The van der Waals surface area contributed by atoms with Gasteiger partial charge in [-0.1, -0.05) is 40.2 Å². The summed E-state index contributed by atoms with van der Waals surface area (Å²) in [5, 5.41) is 4.68. The normalized spacial score (nSPS) is 11.2. The molecule has 146 valence electrons. The highest BCUT2D eigenvalue weighted by molar-refractivity contribution is 9.10. The van der Waals surface area contributed by atoms with Gasteiger partial charge in [0.15, 0.2) is 15.0 Å². The average Bonchev–Trinajstić information content (AvgIpc) is 3.11. The van der Waals surface area contributed by atoms with Crippen molar-refractivity contribution in [2.24, 2.45) is 0 Å². The number of nitrogens with zero attached hydrogens (tertiary/aromatic N) is 1. The molecule has 1 amide bonds. The van der Waals surface area contributed by atoms with Gasteiger partial charge in [0.1, 0.15) is 11.5 Å². The molecule has 3 rings (SSSR count). The lowest BCUT2D eigenvalue weighted by Crippen LogP contribution is -2.23. The maximum absolute atomic E-state index is 12.3. The molecule has 0 bridgehead atoms. The Morgan fingerprint density at radius 2 is 1.89 bits per heavy atom. The van der Waals surface area contributed by atoms with Gasteiger partial charge in [-0.25, -0.2) is 13.4 Å². The maximum Gasteiger partial charge on any atom is 0.241 e. The first-order valence-corrected chi connectivity index (χ1v) is 11.7. The predicted octanol–water partition coefficient (Wildman–Crippen LogP) is 4.13. The van der Waals surface area contributed by atoms with Gasteiger partial charge < -0.3 is 10.1 Å². The van der Waals surface area contributed by atoms with Gasteiger partial charge in [-0.2, -0.15) is 0 Å². The lowest BCUT2D eigenvalue weighted by molar-refractivity contribution is -0.113. The number of sulfone groups is 1. The van der Waals surface area contributed by atoms with Gasteiger partial charge >= 0.3 is 0 Å². The third kappa shape index (κ3) is 5.40. The summed E-state index contributed by atoms with van der Waals surface area (Å²) in [4.78, 5) is 16.5. The van der Waals surface area contributed by atoms with Gasteiger partial charge in [0.2, 0.25) is 5.91 Å². The van der Waals surface area contributed by atoms with Crippen LogP contribution in [0.3, 0.4) is 0 Å². The average molecular weight is 481 g/mol. The first-order chi connectivity index (χ1) is 13.4. The molecule has 1 aromatic heterocycles. The summed E-state index contributed by atoms with van der Waals surface area (Å²) in [6, 6.07) is 14.3. The molecule has 0 unspecified atom stereocenters. The second-order valence-electron chi connectivity index (χ2n) is 5.95. The summed E-state index contributed by atoms with van der Waals surface area (Å²) in [7, 11) is -2.02. The summed E-state index contributed by atoms with van der Waals surface area (Å²) in [6.07, 6.45) is 0. The number of methoxy groups -OCH3 is 1. The van der Waals surface area contributed by atoms with Crippen LogP contribution >= 0.6 is 27.3 Å². The van der Waals surface area contributed by atoms with E-state index in [4.69, 9.17) is 4.74 Å². The van der Waals surface area contributed by atoms with Crippen molar-refractivity contribution in [3.63, 3.8) is 0 Å². The minimum Gasteiger partial charge on any atom is -0.496 e. The van der Waals surface area contributed by atoms with Crippen LogP contribution in [0, 0.1) is 0 Å². The van der Waals surface area contributed by atoms with Crippen molar-refractivity contribution >= 4 is 48.1 Å². The minimum absolute atomic E-state index is 0.196. The van der Waals surface area contributed by atoms with Crippen molar-refractivity contribution in [1.29, 1.82) is 0 Å². The number of amides is 1. The number of anilines is 1. The van der Waals surface area contributed by atoms with Crippen molar-refractivity contribution in [3.05, 3.63) is 63.9 Å². The standard InChI is InChI=1S/C19H17BrN2O4S2/c1-26-17-5-3-2-4-15(17)16-10-27-19(21-16)22-18(23)12-28(24,25)11-13-6-8-14(20)9-7-13/h2-10H,11-12H2,1H3,(H,21,22,23). The molecule has 2 aromatic carbocycles. The molecule has 9 heteroatoms.